The fourth-order valence-corrected chi connectivity index (χ4v) is 7.91. The summed E-state index contributed by atoms with van der Waals surface area (Å²) in [6.45, 7) is 4.71. The quantitative estimate of drug-likeness (QED) is 0.227. The molecule has 194 valence electrons. The van der Waals surface area contributed by atoms with Crippen molar-refractivity contribution >= 4 is 27.5 Å². The van der Waals surface area contributed by atoms with E-state index in [1.165, 1.54) is 43.0 Å². The van der Waals surface area contributed by atoms with Crippen molar-refractivity contribution in [3.05, 3.63) is 113 Å². The third-order valence-electron chi connectivity index (χ3n) is 8.33. The van der Waals surface area contributed by atoms with Crippen LogP contribution < -0.4 is 0 Å². The molecular weight excluding hydrogens is 508 g/mol. The minimum absolute atomic E-state index is 0.357. The number of allylic oxidation sites excluding steroid dienone is 1. The van der Waals surface area contributed by atoms with Gasteiger partial charge in [0.15, 0.2) is 11.6 Å². The molecule has 0 radical (unpaired) electrons. The fraction of sp³-hybridized carbons (Fsp3) is 0.171. The van der Waals surface area contributed by atoms with Gasteiger partial charge >= 0.3 is 0 Å². The van der Waals surface area contributed by atoms with Gasteiger partial charge in [0.2, 0.25) is 5.95 Å². The lowest BCUT2D eigenvalue weighted by molar-refractivity contribution is 0.706. The maximum Gasteiger partial charge on any atom is 0.238 e. The smallest absolute Gasteiger partial charge is 0.238 e. The molecule has 8 rings (SSSR count). The standard InChI is InChI=1S/C35H28N4S/c1-21-12-11-18-25-27-20-22(2)29-26-17-9-10-19-28(26)40-32(29)31(27)39(30(21)25)35-37-33(23-13-5-3-6-14-23)36-34(38-35)24-15-7-4-8-16-24/h3-11,13-19,21-22H,12,20H2,1-2H3. The molecule has 3 heterocycles. The highest BCUT2D eigenvalue weighted by atomic mass is 32.1. The van der Waals surface area contributed by atoms with Gasteiger partial charge in [0.25, 0.3) is 0 Å². The molecule has 2 aliphatic carbocycles. The summed E-state index contributed by atoms with van der Waals surface area (Å²) >= 11 is 1.90. The van der Waals surface area contributed by atoms with Gasteiger partial charge in [0, 0.05) is 27.4 Å². The molecule has 2 atom stereocenters. The van der Waals surface area contributed by atoms with Crippen molar-refractivity contribution in [2.75, 3.05) is 0 Å². The van der Waals surface area contributed by atoms with Crippen LogP contribution in [0.25, 0.3) is 55.5 Å². The van der Waals surface area contributed by atoms with Crippen LogP contribution in [0.15, 0.2) is 91.0 Å². The molecule has 2 aliphatic rings. The maximum absolute atomic E-state index is 5.19. The molecule has 4 nitrogen and oxygen atoms in total. The second-order valence-electron chi connectivity index (χ2n) is 11.0. The molecule has 0 spiro atoms. The van der Waals surface area contributed by atoms with E-state index in [9.17, 15) is 0 Å². The second kappa shape index (κ2) is 9.10. The van der Waals surface area contributed by atoms with E-state index in [-0.39, 0.29) is 0 Å². The summed E-state index contributed by atoms with van der Waals surface area (Å²) < 4.78 is 3.73. The second-order valence-corrected chi connectivity index (χ2v) is 12.0. The monoisotopic (exact) mass is 536 g/mol. The van der Waals surface area contributed by atoms with E-state index in [1.54, 1.807) is 0 Å². The Labute approximate surface area is 237 Å². The van der Waals surface area contributed by atoms with Gasteiger partial charge < -0.3 is 0 Å². The zero-order chi connectivity index (χ0) is 26.8. The minimum Gasteiger partial charge on any atom is -0.280 e. The number of nitrogens with zero attached hydrogens (tertiary/aromatic N) is 4. The lowest BCUT2D eigenvalue weighted by Gasteiger charge is -2.22. The molecular formula is C35H28N4S. The summed E-state index contributed by atoms with van der Waals surface area (Å²) in [6, 6.07) is 29.4. The number of thiophene rings is 1. The van der Waals surface area contributed by atoms with Crippen LogP contribution in [0.3, 0.4) is 0 Å². The van der Waals surface area contributed by atoms with Crippen LogP contribution in [0.5, 0.6) is 0 Å². The van der Waals surface area contributed by atoms with Crippen LogP contribution in [0, 0.1) is 0 Å². The average molecular weight is 537 g/mol. The lowest BCUT2D eigenvalue weighted by Crippen LogP contribution is -2.14. The first-order valence-corrected chi connectivity index (χ1v) is 14.8. The first kappa shape index (κ1) is 23.5. The highest BCUT2D eigenvalue weighted by molar-refractivity contribution is 7.22. The van der Waals surface area contributed by atoms with E-state index >= 15 is 0 Å². The molecule has 3 aromatic carbocycles. The van der Waals surface area contributed by atoms with Crippen LogP contribution in [-0.2, 0) is 6.42 Å². The topological polar surface area (TPSA) is 43.6 Å². The third kappa shape index (κ3) is 3.54. The Morgan fingerprint density at radius 3 is 2.10 bits per heavy atom. The highest BCUT2D eigenvalue weighted by Crippen LogP contribution is 2.53. The minimum atomic E-state index is 0.357. The number of benzene rings is 3. The molecule has 40 heavy (non-hydrogen) atoms. The molecule has 2 unspecified atom stereocenters. The zero-order valence-corrected chi connectivity index (χ0v) is 23.3. The van der Waals surface area contributed by atoms with E-state index in [1.807, 2.05) is 47.7 Å². The molecule has 6 aromatic rings. The van der Waals surface area contributed by atoms with Crippen LogP contribution in [0.2, 0.25) is 0 Å². The van der Waals surface area contributed by atoms with Gasteiger partial charge in [-0.2, -0.15) is 9.97 Å². The fourth-order valence-electron chi connectivity index (χ4n) is 6.52. The number of rotatable bonds is 3. The molecule has 0 N–H and O–H groups in total. The normalized spacial score (nSPS) is 17.4. The molecule has 0 amide bonds. The predicted molar refractivity (Wildman–Crippen MR) is 165 cm³/mol. The summed E-state index contributed by atoms with van der Waals surface area (Å²) in [4.78, 5) is 16.7. The van der Waals surface area contributed by atoms with Gasteiger partial charge in [-0.15, -0.1) is 11.3 Å². The Balaban J connectivity index is 1.47. The van der Waals surface area contributed by atoms with E-state index in [0.717, 1.165) is 24.0 Å². The molecule has 0 fully saturated rings. The number of hydrogen-bond acceptors (Lipinski definition) is 4. The molecule has 3 aromatic heterocycles. The molecule has 0 saturated carbocycles. The summed E-state index contributed by atoms with van der Waals surface area (Å²) in [5, 5.41) is 1.38. The van der Waals surface area contributed by atoms with Gasteiger partial charge in [-0.1, -0.05) is 105 Å². The number of hydrogen-bond donors (Lipinski definition) is 0. The molecule has 0 aliphatic heterocycles. The largest absolute Gasteiger partial charge is 0.280 e. The lowest BCUT2D eigenvalue weighted by atomic mass is 9.83. The van der Waals surface area contributed by atoms with Crippen LogP contribution >= 0.6 is 11.3 Å². The molecule has 5 heteroatoms. The summed E-state index contributed by atoms with van der Waals surface area (Å²) in [5.74, 6) is 2.89. The van der Waals surface area contributed by atoms with Crippen molar-refractivity contribution in [3.8, 4) is 39.3 Å². The molecule has 0 saturated heterocycles. The van der Waals surface area contributed by atoms with Gasteiger partial charge in [-0.25, -0.2) is 4.98 Å². The molecule has 0 bridgehead atoms. The van der Waals surface area contributed by atoms with Crippen molar-refractivity contribution in [2.45, 2.75) is 38.5 Å². The summed E-state index contributed by atoms with van der Waals surface area (Å²) in [5.41, 5.74) is 8.79. The first-order chi connectivity index (χ1) is 19.7. The number of aromatic nitrogens is 4. The predicted octanol–water partition coefficient (Wildman–Crippen LogP) is 9.06. The Bertz CT molecular complexity index is 1870. The number of fused-ring (bicyclic) bond motifs is 7. The van der Waals surface area contributed by atoms with Gasteiger partial charge in [0.05, 0.1) is 10.6 Å². The Kier molecular flexibility index (Phi) is 5.36. The highest BCUT2D eigenvalue weighted by Gasteiger charge is 2.36. The van der Waals surface area contributed by atoms with Crippen molar-refractivity contribution < 1.29 is 0 Å². The summed E-state index contributed by atoms with van der Waals surface area (Å²) in [6.07, 6.45) is 6.69. The Morgan fingerprint density at radius 1 is 0.750 bits per heavy atom. The van der Waals surface area contributed by atoms with Crippen molar-refractivity contribution in [1.82, 2.24) is 19.5 Å². The van der Waals surface area contributed by atoms with E-state index in [0.29, 0.717) is 29.4 Å². The summed E-state index contributed by atoms with van der Waals surface area (Å²) in [7, 11) is 0. The third-order valence-corrected chi connectivity index (χ3v) is 9.53. The Hall–Kier alpha value is -4.35. The van der Waals surface area contributed by atoms with Crippen LogP contribution in [0.4, 0.5) is 0 Å². The van der Waals surface area contributed by atoms with E-state index < -0.39 is 0 Å². The van der Waals surface area contributed by atoms with E-state index in [2.05, 4.69) is 79.1 Å². The average Bonchev–Trinajstić information content (AvgIpc) is 3.55. The van der Waals surface area contributed by atoms with Gasteiger partial charge in [0.1, 0.15) is 0 Å². The zero-order valence-electron chi connectivity index (χ0n) is 22.5. The first-order valence-electron chi connectivity index (χ1n) is 14.0. The maximum atomic E-state index is 5.19. The Morgan fingerprint density at radius 2 is 1.40 bits per heavy atom. The SMILES string of the molecule is CC1Cc2c3c(n(-c4nc(-c5ccccc5)nc(-c5ccccc5)n4)c2-c2sc4ccccc4c21)C(C)CC=C3. The van der Waals surface area contributed by atoms with Crippen molar-refractivity contribution in [2.24, 2.45) is 0 Å². The van der Waals surface area contributed by atoms with Crippen molar-refractivity contribution in [3.63, 3.8) is 0 Å². The van der Waals surface area contributed by atoms with E-state index in [4.69, 9.17) is 15.0 Å². The van der Waals surface area contributed by atoms with Gasteiger partial charge in [-0.05, 0) is 46.9 Å². The van der Waals surface area contributed by atoms with Crippen LogP contribution in [0.1, 0.15) is 54.5 Å². The van der Waals surface area contributed by atoms with Crippen molar-refractivity contribution in [1.29, 1.82) is 0 Å². The van der Waals surface area contributed by atoms with Crippen LogP contribution in [-0.4, -0.2) is 19.5 Å². The van der Waals surface area contributed by atoms with Gasteiger partial charge in [-0.3, -0.25) is 4.57 Å².